The summed E-state index contributed by atoms with van der Waals surface area (Å²) in [7, 11) is 0. The molecule has 9 nitrogen and oxygen atoms in total. The molecule has 0 saturated heterocycles. The van der Waals surface area contributed by atoms with Crippen LogP contribution in [0.1, 0.15) is 40.9 Å². The fourth-order valence-electron chi connectivity index (χ4n) is 3.91. The lowest BCUT2D eigenvalue weighted by molar-refractivity contribution is -0.120. The first-order chi connectivity index (χ1) is 16.8. The highest BCUT2D eigenvalue weighted by Gasteiger charge is 2.18. The molecule has 2 unspecified atom stereocenters. The van der Waals surface area contributed by atoms with Gasteiger partial charge in [-0.05, 0) is 48.7 Å². The Hall–Kier alpha value is -3.66. The summed E-state index contributed by atoms with van der Waals surface area (Å²) >= 11 is 6.16. The molecule has 1 aliphatic rings. The average Bonchev–Trinajstić information content (AvgIpc) is 3.31. The van der Waals surface area contributed by atoms with Gasteiger partial charge in [0.25, 0.3) is 5.91 Å². The minimum absolute atomic E-state index is 0.0622. The number of fused-ring (bicyclic) bond motifs is 1. The first kappa shape index (κ1) is 24.5. The van der Waals surface area contributed by atoms with Gasteiger partial charge in [0.1, 0.15) is 6.17 Å². The number of aliphatic imine (C=N–C) groups is 1. The van der Waals surface area contributed by atoms with Gasteiger partial charge in [0.05, 0.1) is 43.1 Å². The van der Waals surface area contributed by atoms with E-state index in [9.17, 15) is 14.0 Å². The Bertz CT molecular complexity index is 1260. The summed E-state index contributed by atoms with van der Waals surface area (Å²) in [6.45, 7) is 3.94. The lowest BCUT2D eigenvalue weighted by Gasteiger charge is -2.19. The van der Waals surface area contributed by atoms with E-state index in [-0.39, 0.29) is 31.6 Å². The van der Waals surface area contributed by atoms with E-state index in [1.165, 1.54) is 0 Å². The van der Waals surface area contributed by atoms with Gasteiger partial charge in [-0.1, -0.05) is 24.6 Å². The molecule has 1 aliphatic heterocycles. The number of aryl methyl sites for hydroxylation is 1. The van der Waals surface area contributed by atoms with Gasteiger partial charge >= 0.3 is 0 Å². The lowest BCUT2D eigenvalue weighted by Crippen LogP contribution is -2.41. The summed E-state index contributed by atoms with van der Waals surface area (Å²) < 4.78 is 13.3. The Balaban J connectivity index is 1.42. The van der Waals surface area contributed by atoms with Gasteiger partial charge < -0.3 is 21.3 Å². The number of carbonyl (C=O) groups excluding carboxylic acids is 2. The highest BCUT2D eigenvalue weighted by atomic mass is 35.5. The van der Waals surface area contributed by atoms with Crippen LogP contribution < -0.4 is 21.3 Å². The van der Waals surface area contributed by atoms with E-state index in [0.29, 0.717) is 34.2 Å². The van der Waals surface area contributed by atoms with Crippen LogP contribution in [0.3, 0.4) is 0 Å². The van der Waals surface area contributed by atoms with E-state index >= 15 is 0 Å². The van der Waals surface area contributed by atoms with Crippen molar-refractivity contribution in [2.45, 2.75) is 32.5 Å². The third-order valence-corrected chi connectivity index (χ3v) is 5.85. The molecule has 0 bridgehead atoms. The lowest BCUT2D eigenvalue weighted by atomic mass is 10.0. The number of nitrogens with one attached hydrogen (secondary N) is 5. The number of nitrogens with zero attached hydrogens (tertiary/aromatic N) is 2. The summed E-state index contributed by atoms with van der Waals surface area (Å²) in [5.41, 5.74) is 3.46. The number of benzene rings is 2. The molecule has 0 saturated carbocycles. The van der Waals surface area contributed by atoms with Crippen molar-refractivity contribution in [1.29, 1.82) is 0 Å². The van der Waals surface area contributed by atoms with Crippen molar-refractivity contribution in [3.8, 4) is 0 Å². The van der Waals surface area contributed by atoms with E-state index in [1.54, 1.807) is 18.3 Å². The van der Waals surface area contributed by atoms with Crippen molar-refractivity contribution in [2.24, 2.45) is 4.99 Å². The molecule has 2 heterocycles. The van der Waals surface area contributed by atoms with Gasteiger partial charge in [0, 0.05) is 16.0 Å². The van der Waals surface area contributed by atoms with Crippen LogP contribution in [-0.4, -0.2) is 53.8 Å². The number of rotatable bonds is 7. The van der Waals surface area contributed by atoms with Crippen LogP contribution in [0.5, 0.6) is 0 Å². The molecule has 0 fully saturated rings. The van der Waals surface area contributed by atoms with Gasteiger partial charge in [-0.3, -0.25) is 14.7 Å². The van der Waals surface area contributed by atoms with Crippen molar-refractivity contribution in [2.75, 3.05) is 25.0 Å². The van der Waals surface area contributed by atoms with Gasteiger partial charge in [-0.2, -0.15) is 5.10 Å². The zero-order valence-corrected chi connectivity index (χ0v) is 20.2. The summed E-state index contributed by atoms with van der Waals surface area (Å²) in [6.07, 6.45) is 1.26. The maximum absolute atomic E-state index is 13.3. The summed E-state index contributed by atoms with van der Waals surface area (Å²) in [4.78, 5) is 29.6. The number of alkyl halides is 1. The molecular weight excluding hydrogens is 473 g/mol. The molecule has 0 spiro atoms. The third-order valence-electron chi connectivity index (χ3n) is 5.63. The van der Waals surface area contributed by atoms with Gasteiger partial charge in [0.15, 0.2) is 5.96 Å². The number of anilines is 1. The molecule has 0 radical (unpaired) electrons. The second-order valence-electron chi connectivity index (χ2n) is 8.42. The molecule has 4 rings (SSSR count). The Morgan fingerprint density at radius 3 is 2.80 bits per heavy atom. The molecule has 35 heavy (non-hydrogen) atoms. The first-order valence-electron chi connectivity index (χ1n) is 11.3. The Kier molecular flexibility index (Phi) is 7.50. The maximum atomic E-state index is 13.3. The molecule has 1 aromatic heterocycles. The largest absolute Gasteiger partial charge is 0.353 e. The van der Waals surface area contributed by atoms with Gasteiger partial charge in [0.2, 0.25) is 5.91 Å². The molecular formula is C24H27ClFN7O2. The van der Waals surface area contributed by atoms with Gasteiger partial charge in [-0.25, -0.2) is 9.38 Å². The quantitative estimate of drug-likeness (QED) is 0.341. The number of hydrogen-bond donors (Lipinski definition) is 5. The summed E-state index contributed by atoms with van der Waals surface area (Å²) in [5.74, 6) is -0.320. The number of halogens is 2. The minimum atomic E-state index is -1.03. The summed E-state index contributed by atoms with van der Waals surface area (Å²) in [6, 6.07) is 8.73. The van der Waals surface area contributed by atoms with Crippen LogP contribution in [0.2, 0.25) is 5.02 Å². The van der Waals surface area contributed by atoms with Crippen molar-refractivity contribution in [1.82, 2.24) is 26.1 Å². The monoisotopic (exact) mass is 499 g/mol. The fourth-order valence-corrected chi connectivity index (χ4v) is 4.21. The van der Waals surface area contributed by atoms with E-state index in [1.807, 2.05) is 32.0 Å². The SMILES string of the molecule is CCC(NC(=O)CNC(=O)c1cc(NC2=NCC(F)CN2)c2cn[nH]c2c1)c1cc(C)cc(Cl)c1. The molecule has 184 valence electrons. The number of guanidine groups is 1. The van der Waals surface area contributed by atoms with Crippen LogP contribution >= 0.6 is 11.6 Å². The highest BCUT2D eigenvalue weighted by Crippen LogP contribution is 2.25. The van der Waals surface area contributed by atoms with E-state index in [4.69, 9.17) is 11.6 Å². The second-order valence-corrected chi connectivity index (χ2v) is 8.86. The van der Waals surface area contributed by atoms with E-state index in [2.05, 4.69) is 36.5 Å². The minimum Gasteiger partial charge on any atom is -0.353 e. The molecule has 2 atom stereocenters. The number of aromatic nitrogens is 2. The molecule has 3 aromatic rings. The smallest absolute Gasteiger partial charge is 0.251 e. The zero-order chi connectivity index (χ0) is 24.9. The van der Waals surface area contributed by atoms with Crippen LogP contribution in [0.15, 0.2) is 41.5 Å². The molecule has 11 heteroatoms. The number of hydrogen-bond acceptors (Lipinski definition) is 6. The van der Waals surface area contributed by atoms with E-state index < -0.39 is 12.1 Å². The van der Waals surface area contributed by atoms with Crippen molar-refractivity contribution >= 4 is 46.0 Å². The van der Waals surface area contributed by atoms with Crippen molar-refractivity contribution < 1.29 is 14.0 Å². The molecule has 5 N–H and O–H groups in total. The van der Waals surface area contributed by atoms with Crippen LogP contribution in [0, 0.1) is 6.92 Å². The fraction of sp³-hybridized carbons (Fsp3) is 0.333. The normalized spacial score (nSPS) is 16.2. The molecule has 2 amide bonds. The standard InChI is InChI=1S/C24H27ClFN7O2/c1-3-19(14-4-13(2)5-16(25)6-14)31-22(34)12-27-23(35)15-7-20(18-11-30-33-21(18)8-15)32-24-28-9-17(26)10-29-24/h4-8,11,17,19H,3,9-10,12H2,1-2H3,(H,27,35)(H,30,33)(H,31,34)(H2,28,29,32). The highest BCUT2D eigenvalue weighted by molar-refractivity contribution is 6.30. The Morgan fingerprint density at radius 2 is 2.09 bits per heavy atom. The predicted octanol–water partition coefficient (Wildman–Crippen LogP) is 3.23. The number of carbonyl (C=O) groups is 2. The second kappa shape index (κ2) is 10.7. The van der Waals surface area contributed by atoms with Crippen LogP contribution in [0.4, 0.5) is 10.1 Å². The number of amides is 2. The van der Waals surface area contributed by atoms with Gasteiger partial charge in [-0.15, -0.1) is 0 Å². The van der Waals surface area contributed by atoms with Crippen LogP contribution in [0.25, 0.3) is 10.9 Å². The predicted molar refractivity (Wildman–Crippen MR) is 135 cm³/mol. The Morgan fingerprint density at radius 1 is 1.26 bits per heavy atom. The first-order valence-corrected chi connectivity index (χ1v) is 11.7. The van der Waals surface area contributed by atoms with E-state index in [0.717, 1.165) is 16.5 Å². The van der Waals surface area contributed by atoms with Crippen LogP contribution in [-0.2, 0) is 4.79 Å². The van der Waals surface area contributed by atoms with Crippen molar-refractivity contribution in [3.63, 3.8) is 0 Å². The maximum Gasteiger partial charge on any atom is 0.251 e. The Labute approximate surface area is 206 Å². The average molecular weight is 500 g/mol. The number of aromatic amines is 1. The van der Waals surface area contributed by atoms with Crippen molar-refractivity contribution in [3.05, 3.63) is 58.2 Å². The number of H-pyrrole nitrogens is 1. The topological polar surface area (TPSA) is 123 Å². The summed E-state index contributed by atoms with van der Waals surface area (Å²) in [5, 5.41) is 19.8. The molecule has 2 aromatic carbocycles. The zero-order valence-electron chi connectivity index (χ0n) is 19.4. The molecule has 0 aliphatic carbocycles. The third kappa shape index (κ3) is 6.07.